The van der Waals surface area contributed by atoms with Crippen LogP contribution in [0.1, 0.15) is 25.3 Å². The molecule has 0 aliphatic carbocycles. The molecule has 0 radical (unpaired) electrons. The van der Waals surface area contributed by atoms with Crippen molar-refractivity contribution in [1.82, 2.24) is 4.90 Å². The van der Waals surface area contributed by atoms with Crippen molar-refractivity contribution in [3.05, 3.63) is 59.1 Å². The van der Waals surface area contributed by atoms with E-state index in [9.17, 15) is 9.59 Å². The lowest BCUT2D eigenvalue weighted by Gasteiger charge is -2.31. The summed E-state index contributed by atoms with van der Waals surface area (Å²) in [7, 11) is 1.54. The van der Waals surface area contributed by atoms with Crippen LogP contribution in [-0.4, -0.2) is 43.5 Å². The number of hydrogen-bond acceptors (Lipinski definition) is 4. The van der Waals surface area contributed by atoms with Crippen LogP contribution in [-0.2, 0) is 9.59 Å². The molecule has 0 unspecified atom stereocenters. The van der Waals surface area contributed by atoms with E-state index in [1.807, 2.05) is 37.3 Å². The second-order valence-electron chi connectivity index (χ2n) is 7.28. The Morgan fingerprint density at radius 1 is 1.26 bits per heavy atom. The fraction of sp³-hybridized carbons (Fsp3) is 0.333. The topological polar surface area (TPSA) is 67.9 Å². The predicted octanol–water partition coefficient (Wildman–Crippen LogP) is 4.64. The largest absolute Gasteiger partial charge is 0.493 e. The van der Waals surface area contributed by atoms with Gasteiger partial charge in [-0.05, 0) is 55.7 Å². The number of carbonyl (C=O) groups excluding carboxylic acids is 2. The number of benzene rings is 2. The molecule has 2 aromatic carbocycles. The first-order valence-electron chi connectivity index (χ1n) is 10.3. The fourth-order valence-corrected chi connectivity index (χ4v) is 3.82. The number of nitrogens with zero attached hydrogens (tertiary/aromatic N) is 1. The van der Waals surface area contributed by atoms with Gasteiger partial charge in [0, 0.05) is 24.9 Å². The number of likely N-dealkylation sites (tertiary alicyclic amines) is 1. The lowest BCUT2D eigenvalue weighted by atomic mass is 9.97. The molecule has 6 nitrogen and oxygen atoms in total. The van der Waals surface area contributed by atoms with Crippen molar-refractivity contribution in [2.45, 2.75) is 19.8 Å². The minimum Gasteiger partial charge on any atom is -0.493 e. The molecule has 2 aromatic rings. The van der Waals surface area contributed by atoms with Crippen molar-refractivity contribution < 1.29 is 19.1 Å². The van der Waals surface area contributed by atoms with Crippen molar-refractivity contribution in [2.75, 3.05) is 32.1 Å². The monoisotopic (exact) mass is 442 g/mol. The van der Waals surface area contributed by atoms with Gasteiger partial charge in [0.05, 0.1) is 24.7 Å². The van der Waals surface area contributed by atoms with E-state index in [0.29, 0.717) is 36.2 Å². The van der Waals surface area contributed by atoms with Crippen molar-refractivity contribution in [2.24, 2.45) is 5.92 Å². The van der Waals surface area contributed by atoms with Crippen LogP contribution in [0.15, 0.2) is 48.5 Å². The first-order chi connectivity index (χ1) is 15.0. The summed E-state index contributed by atoms with van der Waals surface area (Å²) < 4.78 is 10.9. The number of anilines is 1. The number of amides is 2. The highest BCUT2D eigenvalue weighted by Gasteiger charge is 2.27. The van der Waals surface area contributed by atoms with E-state index in [1.165, 1.54) is 6.08 Å². The Bertz CT molecular complexity index is 946. The predicted molar refractivity (Wildman–Crippen MR) is 123 cm³/mol. The summed E-state index contributed by atoms with van der Waals surface area (Å²) in [6.45, 7) is 3.37. The van der Waals surface area contributed by atoms with E-state index < -0.39 is 0 Å². The third kappa shape index (κ3) is 6.01. The van der Waals surface area contributed by atoms with Gasteiger partial charge in [-0.2, -0.15) is 0 Å². The zero-order valence-corrected chi connectivity index (χ0v) is 18.5. The molecule has 31 heavy (non-hydrogen) atoms. The maximum atomic E-state index is 12.7. The number of rotatable bonds is 7. The number of para-hydroxylation sites is 1. The van der Waals surface area contributed by atoms with E-state index in [1.54, 1.807) is 30.2 Å². The van der Waals surface area contributed by atoms with Gasteiger partial charge in [-0.15, -0.1) is 0 Å². The molecule has 1 fully saturated rings. The molecular weight excluding hydrogens is 416 g/mol. The van der Waals surface area contributed by atoms with Crippen molar-refractivity contribution in [1.29, 1.82) is 0 Å². The van der Waals surface area contributed by atoms with Crippen LogP contribution in [0.25, 0.3) is 6.08 Å². The summed E-state index contributed by atoms with van der Waals surface area (Å²) in [5.41, 5.74) is 1.49. The Labute approximate surface area is 187 Å². The number of methoxy groups -OCH3 is 1. The van der Waals surface area contributed by atoms with Crippen molar-refractivity contribution in [3.8, 4) is 11.5 Å². The quantitative estimate of drug-likeness (QED) is 0.634. The average Bonchev–Trinajstić information content (AvgIpc) is 2.79. The highest BCUT2D eigenvalue weighted by Crippen LogP contribution is 2.36. The van der Waals surface area contributed by atoms with Crippen LogP contribution >= 0.6 is 11.6 Å². The van der Waals surface area contributed by atoms with Gasteiger partial charge in [0.1, 0.15) is 0 Å². The normalized spacial score (nSPS) is 16.2. The zero-order valence-electron chi connectivity index (χ0n) is 17.8. The standard InChI is InChI=1S/C24H27ClN2O4/c1-3-31-23-20(25)14-17(15-21(23)30-2)11-12-22(28)27-13-7-8-18(16-27)24(29)26-19-9-5-4-6-10-19/h4-6,9-12,14-15,18H,3,7-8,13,16H2,1-2H3,(H,26,29)/b12-11+/t18-/m1/s1. The van der Waals surface area contributed by atoms with Crippen LogP contribution in [0.4, 0.5) is 5.69 Å². The third-order valence-electron chi connectivity index (χ3n) is 5.10. The van der Waals surface area contributed by atoms with Gasteiger partial charge in [-0.3, -0.25) is 9.59 Å². The number of ether oxygens (including phenoxy) is 2. The van der Waals surface area contributed by atoms with Gasteiger partial charge in [0.25, 0.3) is 0 Å². The lowest BCUT2D eigenvalue weighted by Crippen LogP contribution is -2.43. The van der Waals surface area contributed by atoms with Gasteiger partial charge in [-0.1, -0.05) is 29.8 Å². The molecular formula is C24H27ClN2O4. The van der Waals surface area contributed by atoms with E-state index in [2.05, 4.69) is 5.32 Å². The molecule has 1 N–H and O–H groups in total. The van der Waals surface area contributed by atoms with Gasteiger partial charge in [-0.25, -0.2) is 0 Å². The minimum atomic E-state index is -0.230. The molecule has 0 aromatic heterocycles. The Kier molecular flexibility index (Phi) is 7.95. The molecule has 7 heteroatoms. The van der Waals surface area contributed by atoms with Crippen LogP contribution < -0.4 is 14.8 Å². The Balaban J connectivity index is 1.64. The van der Waals surface area contributed by atoms with Crippen LogP contribution in [0.5, 0.6) is 11.5 Å². The third-order valence-corrected chi connectivity index (χ3v) is 5.38. The smallest absolute Gasteiger partial charge is 0.246 e. The molecule has 1 aliphatic rings. The number of halogens is 1. The van der Waals surface area contributed by atoms with Crippen molar-refractivity contribution >= 4 is 35.2 Å². The summed E-state index contributed by atoms with van der Waals surface area (Å²) in [5, 5.41) is 3.35. The summed E-state index contributed by atoms with van der Waals surface area (Å²) in [6.07, 6.45) is 4.75. The highest BCUT2D eigenvalue weighted by molar-refractivity contribution is 6.32. The SMILES string of the molecule is CCOc1c(Cl)cc(/C=C/C(=O)N2CCC[C@@H](C(=O)Nc3ccccc3)C2)cc1OC. The van der Waals surface area contributed by atoms with E-state index in [0.717, 1.165) is 24.1 Å². The minimum absolute atomic E-state index is 0.0595. The molecule has 0 bridgehead atoms. The van der Waals surface area contributed by atoms with E-state index in [4.69, 9.17) is 21.1 Å². The summed E-state index contributed by atoms with van der Waals surface area (Å²) in [4.78, 5) is 27.0. The molecule has 2 amide bonds. The first-order valence-corrected chi connectivity index (χ1v) is 10.7. The molecule has 1 aliphatic heterocycles. The summed E-state index contributed by atoms with van der Waals surface area (Å²) in [5.74, 6) is 0.568. The molecule has 0 saturated carbocycles. The summed E-state index contributed by atoms with van der Waals surface area (Å²) >= 11 is 6.30. The van der Waals surface area contributed by atoms with Crippen LogP contribution in [0, 0.1) is 5.92 Å². The molecule has 1 saturated heterocycles. The molecule has 164 valence electrons. The van der Waals surface area contributed by atoms with E-state index in [-0.39, 0.29) is 17.7 Å². The van der Waals surface area contributed by atoms with Gasteiger partial charge >= 0.3 is 0 Å². The first kappa shape index (κ1) is 22.7. The second-order valence-corrected chi connectivity index (χ2v) is 7.69. The highest BCUT2D eigenvalue weighted by atomic mass is 35.5. The zero-order chi connectivity index (χ0) is 22.2. The molecule has 1 heterocycles. The molecule has 0 spiro atoms. The Morgan fingerprint density at radius 2 is 2.03 bits per heavy atom. The Hall–Kier alpha value is -2.99. The summed E-state index contributed by atoms with van der Waals surface area (Å²) in [6, 6.07) is 12.8. The Morgan fingerprint density at radius 3 is 2.74 bits per heavy atom. The maximum Gasteiger partial charge on any atom is 0.246 e. The molecule has 1 atom stereocenters. The van der Waals surface area contributed by atoms with E-state index >= 15 is 0 Å². The lowest BCUT2D eigenvalue weighted by molar-refractivity contribution is -0.130. The number of carbonyl (C=O) groups is 2. The van der Waals surface area contributed by atoms with Gasteiger partial charge < -0.3 is 19.7 Å². The number of nitrogens with one attached hydrogen (secondary N) is 1. The van der Waals surface area contributed by atoms with Gasteiger partial charge in [0.2, 0.25) is 11.8 Å². The second kappa shape index (κ2) is 10.9. The van der Waals surface area contributed by atoms with Crippen LogP contribution in [0.2, 0.25) is 5.02 Å². The molecule has 3 rings (SSSR count). The van der Waals surface area contributed by atoms with Crippen LogP contribution in [0.3, 0.4) is 0 Å². The average molecular weight is 443 g/mol. The van der Waals surface area contributed by atoms with Crippen molar-refractivity contribution in [3.63, 3.8) is 0 Å². The number of hydrogen-bond donors (Lipinski definition) is 1. The maximum absolute atomic E-state index is 12.7. The fourth-order valence-electron chi connectivity index (χ4n) is 3.55. The number of piperidine rings is 1. The van der Waals surface area contributed by atoms with Gasteiger partial charge in [0.15, 0.2) is 11.5 Å².